The van der Waals surface area contributed by atoms with E-state index >= 15 is 0 Å². The van der Waals surface area contributed by atoms with Crippen molar-refractivity contribution in [3.63, 3.8) is 0 Å². The maximum absolute atomic E-state index is 14.2. The quantitative estimate of drug-likeness (QED) is 0.597. The second-order valence-corrected chi connectivity index (χ2v) is 8.20. The van der Waals surface area contributed by atoms with E-state index in [1.165, 1.54) is 0 Å². The topological polar surface area (TPSA) is 83.6 Å². The normalized spacial score (nSPS) is 15.4. The van der Waals surface area contributed by atoms with Gasteiger partial charge in [-0.25, -0.2) is 26.0 Å². The van der Waals surface area contributed by atoms with E-state index in [0.717, 1.165) is 22.5 Å². The maximum atomic E-state index is 14.2. The lowest BCUT2D eigenvalue weighted by Gasteiger charge is -2.25. The highest BCUT2D eigenvalue weighted by Crippen LogP contribution is 2.24. The first-order valence-electron chi connectivity index (χ1n) is 8.37. The fraction of sp³-hybridized carbons (Fsp3) is 0.222. The number of hydrogen-bond donors (Lipinski definition) is 1. The number of carbonyl (C=O) groups is 2. The smallest absolute Gasteiger partial charge is 0.255 e. The molecule has 0 atom stereocenters. The molecule has 1 saturated heterocycles. The molecule has 1 N–H and O–H groups in total. The van der Waals surface area contributed by atoms with Crippen LogP contribution in [-0.4, -0.2) is 37.5 Å². The third-order valence-electron chi connectivity index (χ3n) is 4.33. The van der Waals surface area contributed by atoms with Gasteiger partial charge in [0.2, 0.25) is 10.0 Å². The molecule has 0 aromatic heterocycles. The van der Waals surface area contributed by atoms with E-state index in [1.807, 2.05) is 0 Å². The molecular formula is C18H14F4N2O4S. The molecule has 1 heterocycles. The van der Waals surface area contributed by atoms with E-state index in [1.54, 1.807) is 0 Å². The average Bonchev–Trinajstić information content (AvgIpc) is 2.66. The van der Waals surface area contributed by atoms with Crippen molar-refractivity contribution in [3.05, 3.63) is 59.2 Å². The van der Waals surface area contributed by atoms with Gasteiger partial charge in [-0.2, -0.15) is 4.31 Å². The van der Waals surface area contributed by atoms with Crippen LogP contribution in [0.5, 0.6) is 0 Å². The molecule has 0 bridgehead atoms. The molecule has 1 aliphatic rings. The van der Waals surface area contributed by atoms with Crippen LogP contribution in [0.1, 0.15) is 23.2 Å². The number of sulfonamides is 1. The highest BCUT2D eigenvalue weighted by Gasteiger charge is 2.31. The summed E-state index contributed by atoms with van der Waals surface area (Å²) in [5.74, 6) is -6.95. The summed E-state index contributed by atoms with van der Waals surface area (Å²) in [6, 6.07) is 3.62. The van der Waals surface area contributed by atoms with Crippen LogP contribution in [0.25, 0.3) is 0 Å². The second kappa shape index (κ2) is 7.91. The lowest BCUT2D eigenvalue weighted by Crippen LogP contribution is -2.39. The zero-order valence-electron chi connectivity index (χ0n) is 14.7. The first kappa shape index (κ1) is 20.9. The summed E-state index contributed by atoms with van der Waals surface area (Å²) in [5, 5.41) is 2.09. The lowest BCUT2D eigenvalue weighted by atomic mass is 10.1. The molecule has 0 saturated carbocycles. The lowest BCUT2D eigenvalue weighted by molar-refractivity contribution is -0.120. The standard InChI is InChI=1S/C18H14F4N2O4S/c19-13-2-1-10(18(26)23-11-8-14(20)17(22)15(21)9-11)7-16(13)29(27,28)24-5-3-12(25)4-6-24/h1-2,7-9H,3-6H2,(H,23,26). The van der Waals surface area contributed by atoms with Crippen molar-refractivity contribution < 1.29 is 35.6 Å². The van der Waals surface area contributed by atoms with E-state index in [2.05, 4.69) is 5.32 Å². The number of nitrogens with one attached hydrogen (secondary N) is 1. The Labute approximate surface area is 163 Å². The fourth-order valence-electron chi connectivity index (χ4n) is 2.79. The minimum atomic E-state index is -4.31. The molecule has 1 aliphatic heterocycles. The molecule has 0 aliphatic carbocycles. The number of amides is 1. The molecule has 6 nitrogen and oxygen atoms in total. The number of hydrogen-bond acceptors (Lipinski definition) is 4. The zero-order valence-corrected chi connectivity index (χ0v) is 15.5. The number of anilines is 1. The molecule has 0 spiro atoms. The Hall–Kier alpha value is -2.79. The first-order chi connectivity index (χ1) is 13.6. The van der Waals surface area contributed by atoms with E-state index in [-0.39, 0.29) is 37.3 Å². The Kier molecular flexibility index (Phi) is 5.71. The van der Waals surface area contributed by atoms with Crippen molar-refractivity contribution in [2.24, 2.45) is 0 Å². The third-order valence-corrected chi connectivity index (χ3v) is 6.25. The molecule has 2 aromatic carbocycles. The number of nitrogens with zero attached hydrogens (tertiary/aromatic N) is 1. The van der Waals surface area contributed by atoms with Crippen LogP contribution in [0.3, 0.4) is 0 Å². The van der Waals surface area contributed by atoms with Crippen molar-refractivity contribution >= 4 is 27.4 Å². The van der Waals surface area contributed by atoms with Crippen LogP contribution in [-0.2, 0) is 14.8 Å². The summed E-state index contributed by atoms with van der Waals surface area (Å²) in [6.07, 6.45) is 0.00540. The number of carbonyl (C=O) groups excluding carboxylic acids is 2. The number of ketones is 1. The fourth-order valence-corrected chi connectivity index (χ4v) is 4.32. The van der Waals surface area contributed by atoms with Crippen molar-refractivity contribution in [2.75, 3.05) is 18.4 Å². The van der Waals surface area contributed by atoms with Crippen LogP contribution < -0.4 is 5.32 Å². The monoisotopic (exact) mass is 430 g/mol. The van der Waals surface area contributed by atoms with Crippen LogP contribution in [0.4, 0.5) is 23.2 Å². The Balaban J connectivity index is 1.88. The van der Waals surface area contributed by atoms with Gasteiger partial charge in [-0.15, -0.1) is 0 Å². The number of halogens is 4. The molecule has 1 fully saturated rings. The largest absolute Gasteiger partial charge is 0.322 e. The predicted molar refractivity (Wildman–Crippen MR) is 93.7 cm³/mol. The summed E-state index contributed by atoms with van der Waals surface area (Å²) < 4.78 is 80.0. The molecule has 154 valence electrons. The second-order valence-electron chi connectivity index (χ2n) is 6.30. The highest BCUT2D eigenvalue weighted by atomic mass is 32.2. The molecule has 2 aromatic rings. The van der Waals surface area contributed by atoms with Crippen LogP contribution >= 0.6 is 0 Å². The van der Waals surface area contributed by atoms with E-state index < -0.39 is 49.8 Å². The Bertz CT molecular complexity index is 1070. The van der Waals surface area contributed by atoms with E-state index in [0.29, 0.717) is 12.1 Å². The summed E-state index contributed by atoms with van der Waals surface area (Å²) >= 11 is 0. The van der Waals surface area contributed by atoms with Gasteiger partial charge in [0.05, 0.1) is 0 Å². The van der Waals surface area contributed by atoms with E-state index in [9.17, 15) is 35.6 Å². The van der Waals surface area contributed by atoms with Gasteiger partial charge < -0.3 is 5.32 Å². The molecule has 29 heavy (non-hydrogen) atoms. The molecular weight excluding hydrogens is 416 g/mol. The van der Waals surface area contributed by atoms with Crippen LogP contribution in [0.2, 0.25) is 0 Å². The minimum absolute atomic E-state index is 0.00270. The zero-order chi connectivity index (χ0) is 21.3. The summed E-state index contributed by atoms with van der Waals surface area (Å²) in [5.41, 5.74) is -0.710. The number of piperidine rings is 1. The third kappa shape index (κ3) is 4.30. The van der Waals surface area contributed by atoms with Gasteiger partial charge in [0.15, 0.2) is 17.5 Å². The van der Waals surface area contributed by atoms with Gasteiger partial charge in [0.1, 0.15) is 16.5 Å². The van der Waals surface area contributed by atoms with Crippen LogP contribution in [0, 0.1) is 23.3 Å². The Morgan fingerprint density at radius 2 is 1.52 bits per heavy atom. The Morgan fingerprint density at radius 3 is 2.10 bits per heavy atom. The maximum Gasteiger partial charge on any atom is 0.255 e. The van der Waals surface area contributed by atoms with Crippen molar-refractivity contribution in [1.82, 2.24) is 4.31 Å². The molecule has 1 amide bonds. The van der Waals surface area contributed by atoms with Gasteiger partial charge >= 0.3 is 0 Å². The highest BCUT2D eigenvalue weighted by molar-refractivity contribution is 7.89. The molecule has 11 heteroatoms. The Morgan fingerprint density at radius 1 is 0.931 bits per heavy atom. The number of rotatable bonds is 4. The number of Topliss-reactive ketones (excluding diaryl/α,β-unsaturated/α-hetero) is 1. The predicted octanol–water partition coefficient (Wildman–Crippen LogP) is 2.85. The summed E-state index contributed by atoms with van der Waals surface area (Å²) in [7, 11) is -4.31. The summed E-state index contributed by atoms with van der Waals surface area (Å²) in [6.45, 7) is -0.212. The number of benzene rings is 2. The van der Waals surface area contributed by atoms with Gasteiger partial charge in [0, 0.05) is 49.3 Å². The van der Waals surface area contributed by atoms with Gasteiger partial charge in [-0.05, 0) is 18.2 Å². The minimum Gasteiger partial charge on any atom is -0.322 e. The first-order valence-corrected chi connectivity index (χ1v) is 9.81. The molecule has 3 rings (SSSR count). The van der Waals surface area contributed by atoms with Gasteiger partial charge in [-0.3, -0.25) is 9.59 Å². The van der Waals surface area contributed by atoms with Crippen molar-refractivity contribution in [2.45, 2.75) is 17.7 Å². The average molecular weight is 430 g/mol. The van der Waals surface area contributed by atoms with Gasteiger partial charge in [-0.1, -0.05) is 0 Å². The SMILES string of the molecule is O=C1CCN(S(=O)(=O)c2cc(C(=O)Nc3cc(F)c(F)c(F)c3)ccc2F)CC1. The van der Waals surface area contributed by atoms with Crippen molar-refractivity contribution in [3.8, 4) is 0 Å². The van der Waals surface area contributed by atoms with Gasteiger partial charge in [0.25, 0.3) is 5.91 Å². The van der Waals surface area contributed by atoms with Crippen molar-refractivity contribution in [1.29, 1.82) is 0 Å². The molecule has 0 radical (unpaired) electrons. The van der Waals surface area contributed by atoms with Crippen LogP contribution in [0.15, 0.2) is 35.2 Å². The summed E-state index contributed by atoms with van der Waals surface area (Å²) in [4.78, 5) is 22.8. The van der Waals surface area contributed by atoms with E-state index in [4.69, 9.17) is 0 Å². The molecule has 0 unspecified atom stereocenters.